The smallest absolute Gasteiger partial charge is 0.379 e. The van der Waals surface area contributed by atoms with Gasteiger partial charge in [-0.3, -0.25) is 19.4 Å². The van der Waals surface area contributed by atoms with Crippen LogP contribution in [-0.4, -0.2) is 51.9 Å². The number of rotatable bonds is 8. The third-order valence-corrected chi connectivity index (χ3v) is 6.57. The lowest BCUT2D eigenvalue weighted by Gasteiger charge is -2.26. The lowest BCUT2D eigenvalue weighted by atomic mass is 10.0. The fourth-order valence-electron chi connectivity index (χ4n) is 4.44. The largest absolute Gasteiger partial charge is 0.416 e. The first-order chi connectivity index (χ1) is 19.3. The molecule has 2 aromatic carbocycles. The zero-order valence-corrected chi connectivity index (χ0v) is 21.6. The van der Waals surface area contributed by atoms with E-state index in [9.17, 15) is 18.0 Å². The number of nitrogens with zero attached hydrogens (tertiary/aromatic N) is 4. The van der Waals surface area contributed by atoms with Gasteiger partial charge in [0.05, 0.1) is 31.5 Å². The maximum Gasteiger partial charge on any atom is 0.416 e. The number of carbonyl (C=O) groups is 1. The molecule has 1 saturated heterocycles. The summed E-state index contributed by atoms with van der Waals surface area (Å²) in [6.07, 6.45) is 5.57. The van der Waals surface area contributed by atoms with Gasteiger partial charge in [-0.2, -0.15) is 18.3 Å². The number of hydrogen-bond acceptors (Lipinski definition) is 5. The molecule has 0 saturated carbocycles. The number of anilines is 1. The van der Waals surface area contributed by atoms with Crippen LogP contribution in [0.25, 0.3) is 17.2 Å². The lowest BCUT2D eigenvalue weighted by molar-refractivity contribution is -0.137. The highest BCUT2D eigenvalue weighted by atomic mass is 19.4. The second-order valence-electron chi connectivity index (χ2n) is 9.49. The number of pyridine rings is 1. The quantitative estimate of drug-likeness (QED) is 0.295. The highest BCUT2D eigenvalue weighted by Gasteiger charge is 2.29. The van der Waals surface area contributed by atoms with Crippen LogP contribution in [0.15, 0.2) is 85.5 Å². The van der Waals surface area contributed by atoms with E-state index in [-0.39, 0.29) is 5.91 Å². The van der Waals surface area contributed by atoms with Crippen LogP contribution in [0.5, 0.6) is 0 Å². The number of carbonyl (C=O) groups excluding carboxylic acids is 1. The van der Waals surface area contributed by atoms with Crippen LogP contribution in [0.2, 0.25) is 0 Å². The summed E-state index contributed by atoms with van der Waals surface area (Å²) in [6.45, 7) is 4.51. The Labute approximate surface area is 229 Å². The molecule has 4 aromatic rings. The number of benzene rings is 2. The predicted molar refractivity (Wildman–Crippen MR) is 146 cm³/mol. The van der Waals surface area contributed by atoms with Crippen LogP contribution in [0.3, 0.4) is 0 Å². The van der Waals surface area contributed by atoms with E-state index in [4.69, 9.17) is 4.74 Å². The van der Waals surface area contributed by atoms with Gasteiger partial charge >= 0.3 is 6.18 Å². The van der Waals surface area contributed by atoms with E-state index in [1.807, 2.05) is 36.5 Å². The standard InChI is InChI=1S/C30H28F3N5O2/c31-30(32,33)26-6-1-23(2-7-26)20-38-21-25(18-35-38)28-11-12-34-17-24(28)5-10-29(39)36-27-8-3-22(4-9-27)19-37-13-15-40-16-14-37/h1-12,17-18,21H,13-16,19-20H2,(H,36,39)/b10-5+. The van der Waals surface area contributed by atoms with Gasteiger partial charge in [0.15, 0.2) is 0 Å². The van der Waals surface area contributed by atoms with Gasteiger partial charge in [0.25, 0.3) is 0 Å². The van der Waals surface area contributed by atoms with E-state index < -0.39 is 11.7 Å². The lowest BCUT2D eigenvalue weighted by Crippen LogP contribution is -2.35. The van der Waals surface area contributed by atoms with E-state index in [2.05, 4.69) is 20.3 Å². The molecular formula is C30H28F3N5O2. The van der Waals surface area contributed by atoms with Crippen LogP contribution in [0, 0.1) is 0 Å². The number of ether oxygens (including phenoxy) is 1. The van der Waals surface area contributed by atoms with Crippen molar-refractivity contribution in [1.29, 1.82) is 0 Å². The number of aromatic nitrogens is 3. The monoisotopic (exact) mass is 547 g/mol. The van der Waals surface area contributed by atoms with Crippen molar-refractivity contribution in [3.8, 4) is 11.1 Å². The molecule has 0 atom stereocenters. The van der Waals surface area contributed by atoms with Crippen molar-refractivity contribution in [2.24, 2.45) is 0 Å². The molecule has 7 nitrogen and oxygen atoms in total. The third-order valence-electron chi connectivity index (χ3n) is 6.57. The van der Waals surface area contributed by atoms with Gasteiger partial charge < -0.3 is 10.1 Å². The SMILES string of the molecule is O=C(/C=C/c1cnccc1-c1cnn(Cc2ccc(C(F)(F)F)cc2)c1)Nc1ccc(CN2CCOCC2)cc1. The molecule has 206 valence electrons. The summed E-state index contributed by atoms with van der Waals surface area (Å²) in [7, 11) is 0. The fraction of sp³-hybridized carbons (Fsp3) is 0.233. The van der Waals surface area contributed by atoms with Gasteiger partial charge in [-0.1, -0.05) is 24.3 Å². The molecule has 0 unspecified atom stereocenters. The summed E-state index contributed by atoms with van der Waals surface area (Å²) in [5, 5.41) is 7.24. The minimum absolute atomic E-state index is 0.270. The van der Waals surface area contributed by atoms with E-state index >= 15 is 0 Å². The number of hydrogen-bond donors (Lipinski definition) is 1. The van der Waals surface area contributed by atoms with Crippen molar-refractivity contribution in [1.82, 2.24) is 19.7 Å². The second-order valence-corrected chi connectivity index (χ2v) is 9.49. The Bertz CT molecular complexity index is 1460. The van der Waals surface area contributed by atoms with Gasteiger partial charge in [-0.15, -0.1) is 0 Å². The van der Waals surface area contributed by atoms with Crippen molar-refractivity contribution >= 4 is 17.7 Å². The highest BCUT2D eigenvalue weighted by molar-refractivity contribution is 6.02. The minimum atomic E-state index is -4.37. The zero-order valence-electron chi connectivity index (χ0n) is 21.6. The molecule has 1 amide bonds. The molecule has 1 N–H and O–H groups in total. The van der Waals surface area contributed by atoms with E-state index in [1.165, 1.54) is 23.8 Å². The molecule has 5 rings (SSSR count). The summed E-state index contributed by atoms with van der Waals surface area (Å²) < 4.78 is 45.5. The Balaban J connectivity index is 1.20. The van der Waals surface area contributed by atoms with Crippen molar-refractivity contribution < 1.29 is 22.7 Å². The zero-order chi connectivity index (χ0) is 28.0. The van der Waals surface area contributed by atoms with Gasteiger partial charge in [0.1, 0.15) is 0 Å². The second kappa shape index (κ2) is 12.3. The minimum Gasteiger partial charge on any atom is -0.379 e. The first kappa shape index (κ1) is 27.3. The predicted octanol–water partition coefficient (Wildman–Crippen LogP) is 5.50. The molecule has 1 aliphatic heterocycles. The summed E-state index contributed by atoms with van der Waals surface area (Å²) in [5.41, 5.74) is 4.24. The summed E-state index contributed by atoms with van der Waals surface area (Å²) in [6, 6.07) is 14.6. The van der Waals surface area contributed by atoms with Gasteiger partial charge in [-0.05, 0) is 53.1 Å². The number of morpholine rings is 1. The molecule has 3 heterocycles. The molecule has 40 heavy (non-hydrogen) atoms. The topological polar surface area (TPSA) is 72.3 Å². The molecule has 0 radical (unpaired) electrons. The highest BCUT2D eigenvalue weighted by Crippen LogP contribution is 2.29. The van der Waals surface area contributed by atoms with Crippen LogP contribution < -0.4 is 5.32 Å². The molecule has 0 spiro atoms. The van der Waals surface area contributed by atoms with Crippen molar-refractivity contribution in [2.75, 3.05) is 31.6 Å². The van der Waals surface area contributed by atoms with E-state index in [0.29, 0.717) is 17.8 Å². The first-order valence-corrected chi connectivity index (χ1v) is 12.8. The van der Waals surface area contributed by atoms with Crippen molar-refractivity contribution in [3.05, 3.63) is 108 Å². The normalized spacial score (nSPS) is 14.5. The molecule has 1 fully saturated rings. The van der Waals surface area contributed by atoms with Gasteiger partial charge in [0, 0.05) is 61.1 Å². The molecule has 0 aliphatic carbocycles. The fourth-order valence-corrected chi connectivity index (χ4v) is 4.44. The summed E-state index contributed by atoms with van der Waals surface area (Å²) in [5.74, 6) is -0.270. The number of alkyl halides is 3. The summed E-state index contributed by atoms with van der Waals surface area (Å²) in [4.78, 5) is 19.1. The maximum atomic E-state index is 12.8. The molecular weight excluding hydrogens is 519 g/mol. The summed E-state index contributed by atoms with van der Waals surface area (Å²) >= 11 is 0. The van der Waals surface area contributed by atoms with Crippen molar-refractivity contribution in [3.63, 3.8) is 0 Å². The van der Waals surface area contributed by atoms with Crippen LogP contribution in [0.1, 0.15) is 22.3 Å². The van der Waals surface area contributed by atoms with Gasteiger partial charge in [0.2, 0.25) is 5.91 Å². The first-order valence-electron chi connectivity index (χ1n) is 12.8. The van der Waals surface area contributed by atoms with Crippen LogP contribution >= 0.6 is 0 Å². The van der Waals surface area contributed by atoms with E-state index in [0.717, 1.165) is 61.7 Å². The Hall–Kier alpha value is -4.28. The van der Waals surface area contributed by atoms with E-state index in [1.54, 1.807) is 29.3 Å². The van der Waals surface area contributed by atoms with Crippen LogP contribution in [-0.2, 0) is 28.8 Å². The Morgan fingerprint density at radius 2 is 1.65 bits per heavy atom. The molecule has 1 aliphatic rings. The number of halogens is 3. The molecule has 0 bridgehead atoms. The average Bonchev–Trinajstić information content (AvgIpc) is 3.42. The van der Waals surface area contributed by atoms with Gasteiger partial charge in [-0.25, -0.2) is 0 Å². The number of nitrogens with one attached hydrogen (secondary N) is 1. The third kappa shape index (κ3) is 7.22. The van der Waals surface area contributed by atoms with Crippen LogP contribution in [0.4, 0.5) is 18.9 Å². The Morgan fingerprint density at radius 3 is 2.38 bits per heavy atom. The maximum absolute atomic E-state index is 12.8. The molecule has 10 heteroatoms. The number of amides is 1. The molecule has 2 aromatic heterocycles. The Morgan fingerprint density at radius 1 is 0.950 bits per heavy atom. The van der Waals surface area contributed by atoms with Crippen molar-refractivity contribution in [2.45, 2.75) is 19.3 Å². The Kier molecular flexibility index (Phi) is 8.37. The average molecular weight is 548 g/mol.